The van der Waals surface area contributed by atoms with Crippen molar-refractivity contribution in [1.29, 1.82) is 0 Å². The highest BCUT2D eigenvalue weighted by molar-refractivity contribution is 8.14. The molecule has 1 heterocycles. The number of nitrogens with zero attached hydrogens (tertiary/aromatic N) is 1. The zero-order valence-corrected chi connectivity index (χ0v) is 10.1. The summed E-state index contributed by atoms with van der Waals surface area (Å²) in [7, 11) is 0. The Hall–Kier alpha value is -1.03. The van der Waals surface area contributed by atoms with Gasteiger partial charge in [-0.1, -0.05) is 23.9 Å². The number of rotatable bonds is 3. The topological polar surface area (TPSA) is 24.4 Å². The van der Waals surface area contributed by atoms with E-state index in [0.29, 0.717) is 6.04 Å². The molecule has 1 unspecified atom stereocenters. The summed E-state index contributed by atoms with van der Waals surface area (Å²) >= 11 is 1.77. The second-order valence-corrected chi connectivity index (χ2v) is 4.93. The van der Waals surface area contributed by atoms with Crippen LogP contribution in [0, 0.1) is 5.82 Å². The summed E-state index contributed by atoms with van der Waals surface area (Å²) in [6.07, 6.45) is 0.862. The van der Waals surface area contributed by atoms with Crippen molar-refractivity contribution in [2.24, 2.45) is 4.99 Å². The lowest BCUT2D eigenvalue weighted by atomic mass is 10.1. The average molecular weight is 238 g/mol. The molecule has 0 amide bonds. The van der Waals surface area contributed by atoms with Crippen LogP contribution in [-0.2, 0) is 6.42 Å². The van der Waals surface area contributed by atoms with E-state index in [-0.39, 0.29) is 5.82 Å². The maximum absolute atomic E-state index is 12.7. The molecule has 0 aromatic heterocycles. The van der Waals surface area contributed by atoms with Gasteiger partial charge in [-0.05, 0) is 31.0 Å². The maximum atomic E-state index is 12.7. The Bertz CT molecular complexity index is 375. The lowest BCUT2D eigenvalue weighted by Gasteiger charge is -2.01. The van der Waals surface area contributed by atoms with Crippen LogP contribution in [0.2, 0.25) is 0 Å². The van der Waals surface area contributed by atoms with Crippen LogP contribution < -0.4 is 5.32 Å². The van der Waals surface area contributed by atoms with Crippen LogP contribution in [0.1, 0.15) is 12.5 Å². The monoisotopic (exact) mass is 238 g/mol. The number of amidine groups is 1. The Balaban J connectivity index is 1.81. The zero-order valence-electron chi connectivity index (χ0n) is 9.24. The minimum Gasteiger partial charge on any atom is -0.362 e. The van der Waals surface area contributed by atoms with Crippen molar-refractivity contribution in [3.8, 4) is 0 Å². The first kappa shape index (κ1) is 11.5. The van der Waals surface area contributed by atoms with E-state index in [9.17, 15) is 4.39 Å². The van der Waals surface area contributed by atoms with Crippen molar-refractivity contribution in [1.82, 2.24) is 5.32 Å². The Labute approximate surface area is 99.3 Å². The van der Waals surface area contributed by atoms with Gasteiger partial charge in [-0.3, -0.25) is 4.99 Å². The van der Waals surface area contributed by atoms with Crippen LogP contribution in [0.4, 0.5) is 4.39 Å². The molecule has 1 N–H and O–H groups in total. The smallest absolute Gasteiger partial charge is 0.156 e. The molecule has 1 aromatic carbocycles. The van der Waals surface area contributed by atoms with E-state index in [4.69, 9.17) is 0 Å². The van der Waals surface area contributed by atoms with Gasteiger partial charge in [0.25, 0.3) is 0 Å². The van der Waals surface area contributed by atoms with Crippen LogP contribution >= 0.6 is 11.8 Å². The molecule has 0 bridgehead atoms. The van der Waals surface area contributed by atoms with Gasteiger partial charge in [-0.15, -0.1) is 0 Å². The van der Waals surface area contributed by atoms with Crippen LogP contribution in [0.5, 0.6) is 0 Å². The van der Waals surface area contributed by atoms with Gasteiger partial charge < -0.3 is 5.32 Å². The summed E-state index contributed by atoms with van der Waals surface area (Å²) in [4.78, 5) is 4.47. The van der Waals surface area contributed by atoms with Crippen LogP contribution in [0.15, 0.2) is 29.3 Å². The summed E-state index contributed by atoms with van der Waals surface area (Å²) in [6, 6.07) is 7.13. The second kappa shape index (κ2) is 5.34. The van der Waals surface area contributed by atoms with Gasteiger partial charge in [-0.25, -0.2) is 4.39 Å². The van der Waals surface area contributed by atoms with Gasteiger partial charge in [0.1, 0.15) is 5.82 Å². The fourth-order valence-electron chi connectivity index (χ4n) is 1.53. The van der Waals surface area contributed by atoms with E-state index >= 15 is 0 Å². The largest absolute Gasteiger partial charge is 0.362 e. The van der Waals surface area contributed by atoms with Gasteiger partial charge in [0.15, 0.2) is 5.17 Å². The van der Waals surface area contributed by atoms with Crippen molar-refractivity contribution in [2.45, 2.75) is 19.4 Å². The Morgan fingerprint density at radius 2 is 2.19 bits per heavy atom. The molecule has 2 rings (SSSR count). The SMILES string of the molecule is CC1CSC(=NCCc2ccc(F)cc2)N1. The predicted molar refractivity (Wildman–Crippen MR) is 67.5 cm³/mol. The lowest BCUT2D eigenvalue weighted by molar-refractivity contribution is 0.627. The molecule has 2 nitrogen and oxygen atoms in total. The standard InChI is InChI=1S/C12H15FN2S/c1-9-8-16-12(15-9)14-7-6-10-2-4-11(13)5-3-10/h2-5,9H,6-8H2,1H3,(H,14,15). The van der Waals surface area contributed by atoms with Crippen molar-refractivity contribution in [2.75, 3.05) is 12.3 Å². The first-order valence-electron chi connectivity index (χ1n) is 5.42. The maximum Gasteiger partial charge on any atom is 0.156 e. The van der Waals surface area contributed by atoms with E-state index < -0.39 is 0 Å². The summed E-state index contributed by atoms with van der Waals surface area (Å²) in [5.74, 6) is 0.909. The quantitative estimate of drug-likeness (QED) is 0.874. The van der Waals surface area contributed by atoms with E-state index in [1.54, 1.807) is 11.8 Å². The Morgan fingerprint density at radius 3 is 2.81 bits per heavy atom. The van der Waals surface area contributed by atoms with Crippen molar-refractivity contribution in [3.63, 3.8) is 0 Å². The molecule has 0 radical (unpaired) electrons. The zero-order chi connectivity index (χ0) is 11.4. The van der Waals surface area contributed by atoms with Crippen LogP contribution in [0.25, 0.3) is 0 Å². The molecule has 86 valence electrons. The minimum atomic E-state index is -0.183. The number of thioether (sulfide) groups is 1. The Morgan fingerprint density at radius 1 is 1.44 bits per heavy atom. The van der Waals surface area contributed by atoms with Gasteiger partial charge in [0, 0.05) is 18.3 Å². The molecular formula is C12H15FN2S. The molecule has 0 aliphatic carbocycles. The molecule has 1 fully saturated rings. The molecule has 1 aliphatic rings. The highest BCUT2D eigenvalue weighted by Crippen LogP contribution is 2.13. The highest BCUT2D eigenvalue weighted by atomic mass is 32.2. The first-order valence-corrected chi connectivity index (χ1v) is 6.41. The number of hydrogen-bond donors (Lipinski definition) is 1. The van der Waals surface area contributed by atoms with Gasteiger partial charge in [0.05, 0.1) is 0 Å². The third-order valence-corrected chi connectivity index (χ3v) is 3.60. The number of nitrogens with one attached hydrogen (secondary N) is 1. The summed E-state index contributed by atoms with van der Waals surface area (Å²) in [5, 5.41) is 4.34. The number of benzene rings is 1. The molecule has 1 aromatic rings. The van der Waals surface area contributed by atoms with Gasteiger partial charge in [0.2, 0.25) is 0 Å². The van der Waals surface area contributed by atoms with E-state index in [0.717, 1.165) is 29.4 Å². The summed E-state index contributed by atoms with van der Waals surface area (Å²) in [5.41, 5.74) is 1.13. The highest BCUT2D eigenvalue weighted by Gasteiger charge is 2.14. The summed E-state index contributed by atoms with van der Waals surface area (Å²) in [6.45, 7) is 2.91. The minimum absolute atomic E-state index is 0.183. The molecule has 0 spiro atoms. The average Bonchev–Trinajstić information content (AvgIpc) is 2.67. The number of halogens is 1. The van der Waals surface area contributed by atoms with E-state index in [1.807, 2.05) is 12.1 Å². The van der Waals surface area contributed by atoms with Crippen molar-refractivity contribution < 1.29 is 4.39 Å². The molecule has 1 atom stereocenters. The van der Waals surface area contributed by atoms with Gasteiger partial charge >= 0.3 is 0 Å². The first-order chi connectivity index (χ1) is 7.74. The molecule has 0 saturated carbocycles. The normalized spacial score (nSPS) is 22.4. The second-order valence-electron chi connectivity index (χ2n) is 3.92. The molecule has 4 heteroatoms. The fraction of sp³-hybridized carbons (Fsp3) is 0.417. The molecular weight excluding hydrogens is 223 g/mol. The molecule has 1 saturated heterocycles. The van der Waals surface area contributed by atoms with Crippen molar-refractivity contribution in [3.05, 3.63) is 35.6 Å². The van der Waals surface area contributed by atoms with E-state index in [2.05, 4.69) is 17.2 Å². The van der Waals surface area contributed by atoms with E-state index in [1.165, 1.54) is 12.1 Å². The van der Waals surface area contributed by atoms with Crippen molar-refractivity contribution >= 4 is 16.9 Å². The molecule has 1 aliphatic heterocycles. The third-order valence-electron chi connectivity index (χ3n) is 2.41. The van der Waals surface area contributed by atoms with Gasteiger partial charge in [-0.2, -0.15) is 0 Å². The third kappa shape index (κ3) is 3.23. The fourth-order valence-corrected chi connectivity index (χ4v) is 2.49. The number of aliphatic imine (C=N–C) groups is 1. The van der Waals surface area contributed by atoms with Crippen LogP contribution in [0.3, 0.4) is 0 Å². The molecule has 16 heavy (non-hydrogen) atoms. The lowest BCUT2D eigenvalue weighted by Crippen LogP contribution is -2.23. The number of hydrogen-bond acceptors (Lipinski definition) is 2. The Kier molecular flexibility index (Phi) is 3.83. The summed E-state index contributed by atoms with van der Waals surface area (Å²) < 4.78 is 12.7. The van der Waals surface area contributed by atoms with Crippen LogP contribution in [-0.4, -0.2) is 23.5 Å². The predicted octanol–water partition coefficient (Wildman–Crippen LogP) is 2.45.